The number of hydrogen-bond donors (Lipinski definition) is 2. The van der Waals surface area contributed by atoms with E-state index in [1.807, 2.05) is 31.2 Å². The second-order valence-corrected chi connectivity index (χ2v) is 5.66. The lowest BCUT2D eigenvalue weighted by atomic mass is 10.2. The number of rotatable bonds is 6. The van der Waals surface area contributed by atoms with Crippen molar-refractivity contribution in [1.29, 1.82) is 0 Å². The topological polar surface area (TPSA) is 84.7 Å². The highest BCUT2D eigenvalue weighted by molar-refractivity contribution is 7.71. The third-order valence-electron chi connectivity index (χ3n) is 3.60. The molecular weight excluding hydrogens is 352 g/mol. The molecule has 0 aliphatic rings. The van der Waals surface area contributed by atoms with Crippen LogP contribution >= 0.6 is 12.2 Å². The zero-order valence-electron chi connectivity index (χ0n) is 14.3. The van der Waals surface area contributed by atoms with E-state index in [0.717, 1.165) is 11.1 Å². The largest absolute Gasteiger partial charge is 0.504 e. The lowest BCUT2D eigenvalue weighted by Crippen LogP contribution is -1.99. The Morgan fingerprint density at radius 2 is 2.08 bits per heavy atom. The molecule has 0 amide bonds. The number of aromatic nitrogens is 3. The first kappa shape index (κ1) is 17.7. The Hall–Kier alpha value is -3.13. The minimum absolute atomic E-state index is 0.0657. The third kappa shape index (κ3) is 3.60. The summed E-state index contributed by atoms with van der Waals surface area (Å²) < 4.78 is 12.6. The molecular formula is C18H18N4O3S. The van der Waals surface area contributed by atoms with Gasteiger partial charge in [0, 0.05) is 0 Å². The molecule has 0 spiro atoms. The summed E-state index contributed by atoms with van der Waals surface area (Å²) in [6.45, 7) is 2.46. The number of nitrogens with zero attached hydrogens (tertiary/aromatic N) is 3. The van der Waals surface area contributed by atoms with Gasteiger partial charge in [-0.2, -0.15) is 14.9 Å². The summed E-state index contributed by atoms with van der Waals surface area (Å²) in [6, 6.07) is 12.5. The van der Waals surface area contributed by atoms with Crippen LogP contribution in [0.5, 0.6) is 17.2 Å². The van der Waals surface area contributed by atoms with E-state index in [-0.39, 0.29) is 5.75 Å². The first-order valence-electron chi connectivity index (χ1n) is 7.95. The normalized spacial score (nSPS) is 11.0. The van der Waals surface area contributed by atoms with Gasteiger partial charge in [0.25, 0.3) is 0 Å². The first-order chi connectivity index (χ1) is 12.6. The molecule has 3 aromatic rings. The van der Waals surface area contributed by atoms with Crippen LogP contribution in [0.2, 0.25) is 0 Å². The fraction of sp³-hybridized carbons (Fsp3) is 0.167. The standard InChI is InChI=1S/C18H18N4O3S/c1-3-25-15-7-5-4-6-13(15)17-20-21-18(26)22(17)19-11-12-8-9-14(23)16(10-12)24-2/h4-11,23H,3H2,1-2H3,(H,21,26)/b19-11+. The Labute approximate surface area is 155 Å². The molecule has 8 heteroatoms. The van der Waals surface area contributed by atoms with Gasteiger partial charge < -0.3 is 14.6 Å². The molecule has 2 aromatic carbocycles. The van der Waals surface area contributed by atoms with Crippen LogP contribution in [-0.4, -0.2) is 39.9 Å². The molecule has 3 rings (SSSR count). The minimum atomic E-state index is 0.0657. The number of aromatic amines is 1. The number of H-pyrrole nitrogens is 1. The molecule has 0 radical (unpaired) electrons. The Morgan fingerprint density at radius 3 is 2.85 bits per heavy atom. The highest BCUT2D eigenvalue weighted by atomic mass is 32.1. The summed E-state index contributed by atoms with van der Waals surface area (Å²) in [5.41, 5.74) is 1.52. The fourth-order valence-corrected chi connectivity index (χ4v) is 2.58. The van der Waals surface area contributed by atoms with Crippen molar-refractivity contribution >= 4 is 18.4 Å². The van der Waals surface area contributed by atoms with Crippen molar-refractivity contribution in [1.82, 2.24) is 14.9 Å². The number of phenolic OH excluding ortho intramolecular Hbond substituents is 1. The molecule has 7 nitrogen and oxygen atoms in total. The predicted octanol–water partition coefficient (Wildman–Crippen LogP) is 3.60. The van der Waals surface area contributed by atoms with Gasteiger partial charge in [-0.3, -0.25) is 0 Å². The fourth-order valence-electron chi connectivity index (χ4n) is 2.40. The zero-order chi connectivity index (χ0) is 18.5. The number of hydrogen-bond acceptors (Lipinski definition) is 6. The molecule has 0 fully saturated rings. The highest BCUT2D eigenvalue weighted by Crippen LogP contribution is 2.29. The van der Waals surface area contributed by atoms with Crippen molar-refractivity contribution in [3.05, 3.63) is 52.8 Å². The molecule has 134 valence electrons. The smallest absolute Gasteiger partial charge is 0.216 e. The van der Waals surface area contributed by atoms with Crippen LogP contribution in [0.3, 0.4) is 0 Å². The molecule has 0 unspecified atom stereocenters. The molecule has 0 atom stereocenters. The van der Waals surface area contributed by atoms with Crippen LogP contribution in [0, 0.1) is 4.77 Å². The number of ether oxygens (including phenoxy) is 2. The van der Waals surface area contributed by atoms with E-state index in [9.17, 15) is 5.11 Å². The molecule has 1 heterocycles. The lowest BCUT2D eigenvalue weighted by molar-refractivity contribution is 0.341. The predicted molar refractivity (Wildman–Crippen MR) is 102 cm³/mol. The highest BCUT2D eigenvalue weighted by Gasteiger charge is 2.13. The van der Waals surface area contributed by atoms with Gasteiger partial charge in [-0.15, -0.1) is 0 Å². The maximum absolute atomic E-state index is 9.68. The SMILES string of the molecule is CCOc1ccccc1-c1n[nH]c(=S)n1/N=C/c1ccc(O)c(OC)c1. The van der Waals surface area contributed by atoms with Gasteiger partial charge in [0.1, 0.15) is 5.75 Å². The van der Waals surface area contributed by atoms with Crippen LogP contribution < -0.4 is 9.47 Å². The van der Waals surface area contributed by atoms with E-state index in [0.29, 0.717) is 28.7 Å². The summed E-state index contributed by atoms with van der Waals surface area (Å²) >= 11 is 5.29. The van der Waals surface area contributed by atoms with Gasteiger partial charge in [0.15, 0.2) is 17.3 Å². The monoisotopic (exact) mass is 370 g/mol. The van der Waals surface area contributed by atoms with Gasteiger partial charge >= 0.3 is 0 Å². The van der Waals surface area contributed by atoms with Crippen molar-refractivity contribution in [2.24, 2.45) is 5.10 Å². The van der Waals surface area contributed by atoms with Crippen molar-refractivity contribution in [2.45, 2.75) is 6.92 Å². The summed E-state index contributed by atoms with van der Waals surface area (Å²) in [7, 11) is 1.49. The molecule has 0 aliphatic heterocycles. The van der Waals surface area contributed by atoms with Crippen molar-refractivity contribution in [2.75, 3.05) is 13.7 Å². The van der Waals surface area contributed by atoms with E-state index in [1.165, 1.54) is 11.8 Å². The molecule has 0 saturated heterocycles. The lowest BCUT2D eigenvalue weighted by Gasteiger charge is -2.09. The van der Waals surface area contributed by atoms with Gasteiger partial charge in [0.05, 0.1) is 25.5 Å². The van der Waals surface area contributed by atoms with Crippen LogP contribution in [0.15, 0.2) is 47.6 Å². The molecule has 26 heavy (non-hydrogen) atoms. The summed E-state index contributed by atoms with van der Waals surface area (Å²) in [5.74, 6) is 1.68. The van der Waals surface area contributed by atoms with Gasteiger partial charge in [0.2, 0.25) is 4.77 Å². The molecule has 0 saturated carbocycles. The van der Waals surface area contributed by atoms with E-state index >= 15 is 0 Å². The van der Waals surface area contributed by atoms with E-state index in [1.54, 1.807) is 24.4 Å². The number of phenols is 1. The first-order valence-corrected chi connectivity index (χ1v) is 8.35. The van der Waals surface area contributed by atoms with Gasteiger partial charge in [-0.25, -0.2) is 5.10 Å². The van der Waals surface area contributed by atoms with Crippen LogP contribution in [0.4, 0.5) is 0 Å². The number of methoxy groups -OCH3 is 1. The Bertz CT molecular complexity index is 994. The second kappa shape index (κ2) is 7.83. The molecule has 1 aromatic heterocycles. The number of benzene rings is 2. The van der Waals surface area contributed by atoms with Crippen LogP contribution in [-0.2, 0) is 0 Å². The quantitative estimate of drug-likeness (QED) is 0.511. The van der Waals surface area contributed by atoms with Crippen molar-refractivity contribution in [3.8, 4) is 28.6 Å². The van der Waals surface area contributed by atoms with E-state index in [4.69, 9.17) is 21.7 Å². The summed E-state index contributed by atoms with van der Waals surface area (Å²) in [4.78, 5) is 0. The number of nitrogens with one attached hydrogen (secondary N) is 1. The van der Waals surface area contributed by atoms with E-state index in [2.05, 4.69) is 15.3 Å². The average molecular weight is 370 g/mol. The summed E-state index contributed by atoms with van der Waals surface area (Å²) in [6.07, 6.45) is 1.61. The molecule has 0 bridgehead atoms. The average Bonchev–Trinajstić information content (AvgIpc) is 3.02. The maximum atomic E-state index is 9.68. The van der Waals surface area contributed by atoms with Crippen molar-refractivity contribution < 1.29 is 14.6 Å². The Kier molecular flexibility index (Phi) is 5.33. The number of aromatic hydroxyl groups is 1. The van der Waals surface area contributed by atoms with Gasteiger partial charge in [-0.1, -0.05) is 12.1 Å². The van der Waals surface area contributed by atoms with E-state index < -0.39 is 0 Å². The van der Waals surface area contributed by atoms with Gasteiger partial charge in [-0.05, 0) is 55.0 Å². The summed E-state index contributed by atoms with van der Waals surface area (Å²) in [5, 5.41) is 21.1. The molecule has 2 N–H and O–H groups in total. The Balaban J connectivity index is 2.01. The minimum Gasteiger partial charge on any atom is -0.504 e. The third-order valence-corrected chi connectivity index (χ3v) is 3.87. The molecule has 0 aliphatic carbocycles. The van der Waals surface area contributed by atoms with Crippen molar-refractivity contribution in [3.63, 3.8) is 0 Å². The van der Waals surface area contributed by atoms with Crippen LogP contribution in [0.25, 0.3) is 11.4 Å². The zero-order valence-corrected chi connectivity index (χ0v) is 15.2. The maximum Gasteiger partial charge on any atom is 0.216 e. The number of para-hydroxylation sites is 1. The Morgan fingerprint density at radius 1 is 1.27 bits per heavy atom. The second-order valence-electron chi connectivity index (χ2n) is 5.27. The van der Waals surface area contributed by atoms with Crippen LogP contribution in [0.1, 0.15) is 12.5 Å².